The van der Waals surface area contributed by atoms with E-state index in [1.807, 2.05) is 0 Å². The van der Waals surface area contributed by atoms with E-state index >= 15 is 17.6 Å². The molecule has 0 amide bonds. The van der Waals surface area contributed by atoms with Crippen LogP contribution in [0.3, 0.4) is 0 Å². The van der Waals surface area contributed by atoms with Gasteiger partial charge in [-0.2, -0.15) is 30.7 Å². The molecule has 2 heterocycles. The SMILES string of the molecule is CCOC(=O)c1ccc2c(c1)c1cc3c4cc(C(=O)OCC)ccc4n(C(=O)OC(C)(C)C)c3c(C(F)(F)C(F)(F)C(F)(F)F)c1n2C(=O)OC(C)(C)C. The monoisotopic (exact) mass is 768 g/mol. The van der Waals surface area contributed by atoms with E-state index in [0.717, 1.165) is 42.5 Å². The fraction of sp³-hybridized carbons (Fsp3) is 0.405. The van der Waals surface area contributed by atoms with Gasteiger partial charge in [-0.05, 0) is 97.9 Å². The molecule has 54 heavy (non-hydrogen) atoms. The molecule has 0 fully saturated rings. The lowest BCUT2D eigenvalue weighted by Gasteiger charge is -2.30. The zero-order valence-corrected chi connectivity index (χ0v) is 30.3. The summed E-state index contributed by atoms with van der Waals surface area (Å²) in [7, 11) is 0. The zero-order chi connectivity index (χ0) is 40.5. The highest BCUT2D eigenvalue weighted by molar-refractivity contribution is 6.24. The normalized spacial score (nSPS) is 13.2. The first-order valence-electron chi connectivity index (χ1n) is 16.5. The number of rotatable bonds is 6. The molecule has 0 saturated heterocycles. The molecule has 0 atom stereocenters. The largest absolute Gasteiger partial charge is 0.462 e. The van der Waals surface area contributed by atoms with Gasteiger partial charge in [0.1, 0.15) is 11.2 Å². The van der Waals surface area contributed by atoms with Crippen LogP contribution < -0.4 is 0 Å². The Morgan fingerprint density at radius 3 is 1.26 bits per heavy atom. The van der Waals surface area contributed by atoms with Crippen molar-refractivity contribution in [3.05, 3.63) is 59.2 Å². The van der Waals surface area contributed by atoms with Crippen LogP contribution in [0.25, 0.3) is 43.6 Å². The lowest BCUT2D eigenvalue weighted by Crippen LogP contribution is -2.50. The molecule has 5 aromatic rings. The van der Waals surface area contributed by atoms with Crippen LogP contribution in [0, 0.1) is 0 Å². The highest BCUT2D eigenvalue weighted by Crippen LogP contribution is 2.56. The van der Waals surface area contributed by atoms with Crippen molar-refractivity contribution in [2.24, 2.45) is 0 Å². The van der Waals surface area contributed by atoms with Gasteiger partial charge in [0.2, 0.25) is 0 Å². The first-order valence-corrected chi connectivity index (χ1v) is 16.5. The molecule has 0 bridgehead atoms. The van der Waals surface area contributed by atoms with Gasteiger partial charge in [-0.25, -0.2) is 28.3 Å². The van der Waals surface area contributed by atoms with Gasteiger partial charge in [0.15, 0.2) is 0 Å². The number of nitrogens with zero attached hydrogens (tertiary/aromatic N) is 2. The number of benzene rings is 3. The number of hydrogen-bond donors (Lipinski definition) is 0. The van der Waals surface area contributed by atoms with Gasteiger partial charge in [0, 0.05) is 21.5 Å². The lowest BCUT2D eigenvalue weighted by atomic mass is 9.94. The van der Waals surface area contributed by atoms with Crippen LogP contribution in [-0.4, -0.2) is 69.8 Å². The van der Waals surface area contributed by atoms with Crippen LogP contribution in [0.2, 0.25) is 0 Å². The number of carbonyl (C=O) groups is 4. The number of fused-ring (bicyclic) bond motifs is 6. The summed E-state index contributed by atoms with van der Waals surface area (Å²) in [6, 6.07) is 7.67. The van der Waals surface area contributed by atoms with Crippen LogP contribution in [0.15, 0.2) is 42.5 Å². The summed E-state index contributed by atoms with van der Waals surface area (Å²) in [5, 5.41) is -1.52. The van der Waals surface area contributed by atoms with E-state index in [0.29, 0.717) is 9.13 Å². The van der Waals surface area contributed by atoms with Gasteiger partial charge in [-0.15, -0.1) is 0 Å². The molecule has 0 unspecified atom stereocenters. The molecular formula is C37H35F7N2O8. The minimum atomic E-state index is -6.87. The van der Waals surface area contributed by atoms with E-state index in [2.05, 4.69) is 0 Å². The van der Waals surface area contributed by atoms with Crippen molar-refractivity contribution >= 4 is 67.7 Å². The summed E-state index contributed by atoms with van der Waals surface area (Å²) in [5.74, 6) is -14.9. The Morgan fingerprint density at radius 2 is 0.944 bits per heavy atom. The number of aromatic nitrogens is 2. The molecule has 3 aromatic carbocycles. The topological polar surface area (TPSA) is 115 Å². The second-order valence-electron chi connectivity index (χ2n) is 14.2. The fourth-order valence-corrected chi connectivity index (χ4v) is 5.98. The predicted octanol–water partition coefficient (Wildman–Crippen LogP) is 10.1. The van der Waals surface area contributed by atoms with Gasteiger partial charge in [-0.1, -0.05) is 0 Å². The van der Waals surface area contributed by atoms with Crippen molar-refractivity contribution in [2.75, 3.05) is 13.2 Å². The van der Waals surface area contributed by atoms with Gasteiger partial charge >= 0.3 is 42.1 Å². The Labute approximate surface area is 302 Å². The van der Waals surface area contributed by atoms with Crippen molar-refractivity contribution in [1.82, 2.24) is 9.13 Å². The minimum Gasteiger partial charge on any atom is -0.462 e. The maximum atomic E-state index is 16.8. The molecule has 0 spiro atoms. The van der Waals surface area contributed by atoms with E-state index in [1.165, 1.54) is 55.4 Å². The Bertz CT molecular complexity index is 2220. The lowest BCUT2D eigenvalue weighted by molar-refractivity contribution is -0.359. The van der Waals surface area contributed by atoms with E-state index in [-0.39, 0.29) is 46.1 Å². The smallest absolute Gasteiger partial charge is 0.460 e. The Hall–Kier alpha value is -5.35. The highest BCUT2D eigenvalue weighted by Gasteiger charge is 2.74. The summed E-state index contributed by atoms with van der Waals surface area (Å²) < 4.78 is 128. The predicted molar refractivity (Wildman–Crippen MR) is 183 cm³/mol. The Kier molecular flexibility index (Phi) is 9.74. The Morgan fingerprint density at radius 1 is 0.574 bits per heavy atom. The number of hydrogen-bond acceptors (Lipinski definition) is 8. The summed E-state index contributed by atoms with van der Waals surface area (Å²) in [6.07, 6.45) is -9.81. The third kappa shape index (κ3) is 6.68. The first kappa shape index (κ1) is 39.8. The summed E-state index contributed by atoms with van der Waals surface area (Å²) in [4.78, 5) is 53.5. The van der Waals surface area contributed by atoms with Crippen molar-refractivity contribution in [2.45, 2.75) is 84.6 Å². The number of carbonyl (C=O) groups excluding carboxylic acids is 4. The Balaban J connectivity index is 2.17. The average molecular weight is 769 g/mol. The molecule has 0 saturated carbocycles. The minimum absolute atomic E-state index is 0.0903. The first-order chi connectivity index (χ1) is 24.8. The van der Waals surface area contributed by atoms with Crippen molar-refractivity contribution in [3.8, 4) is 0 Å². The van der Waals surface area contributed by atoms with E-state index < -0.39 is 80.7 Å². The maximum Gasteiger partial charge on any atom is 0.460 e. The van der Waals surface area contributed by atoms with E-state index in [4.69, 9.17) is 18.9 Å². The second kappa shape index (κ2) is 13.2. The molecule has 0 aliphatic heterocycles. The quantitative estimate of drug-likeness (QED) is 0.0953. The molecule has 290 valence electrons. The molecule has 0 N–H and O–H groups in total. The van der Waals surface area contributed by atoms with Crippen LogP contribution >= 0.6 is 0 Å². The third-order valence-corrected chi connectivity index (χ3v) is 8.01. The van der Waals surface area contributed by atoms with Crippen LogP contribution in [0.4, 0.5) is 40.3 Å². The van der Waals surface area contributed by atoms with Gasteiger partial charge in [0.25, 0.3) is 0 Å². The van der Waals surface area contributed by atoms with Crippen molar-refractivity contribution in [3.63, 3.8) is 0 Å². The molecule has 0 aliphatic carbocycles. The van der Waals surface area contributed by atoms with Crippen LogP contribution in [0.5, 0.6) is 0 Å². The number of alkyl halides is 7. The molecule has 0 radical (unpaired) electrons. The summed E-state index contributed by atoms with van der Waals surface area (Å²) in [5.41, 5.74) is -8.27. The van der Waals surface area contributed by atoms with E-state index in [1.54, 1.807) is 0 Å². The molecule has 2 aromatic heterocycles. The summed E-state index contributed by atoms with van der Waals surface area (Å²) >= 11 is 0. The van der Waals surface area contributed by atoms with Crippen molar-refractivity contribution in [1.29, 1.82) is 0 Å². The third-order valence-electron chi connectivity index (χ3n) is 8.01. The number of esters is 2. The zero-order valence-electron chi connectivity index (χ0n) is 30.3. The van der Waals surface area contributed by atoms with Crippen LogP contribution in [0.1, 0.15) is 81.7 Å². The van der Waals surface area contributed by atoms with E-state index in [9.17, 15) is 32.3 Å². The molecule has 17 heteroatoms. The second-order valence-corrected chi connectivity index (χ2v) is 14.2. The van der Waals surface area contributed by atoms with Gasteiger partial charge in [-0.3, -0.25) is 0 Å². The van der Waals surface area contributed by atoms with Crippen LogP contribution in [-0.2, 0) is 24.9 Å². The molecule has 10 nitrogen and oxygen atoms in total. The molecule has 0 aliphatic rings. The highest BCUT2D eigenvalue weighted by atomic mass is 19.4. The maximum absolute atomic E-state index is 16.8. The molecular weight excluding hydrogens is 733 g/mol. The fourth-order valence-electron chi connectivity index (χ4n) is 5.98. The number of halogens is 7. The number of ether oxygens (including phenoxy) is 4. The van der Waals surface area contributed by atoms with Gasteiger partial charge in [0.05, 0.1) is 52.0 Å². The average Bonchev–Trinajstić information content (AvgIpc) is 3.53. The summed E-state index contributed by atoms with van der Waals surface area (Å²) in [6.45, 7) is 11.2. The molecule has 5 rings (SSSR count). The van der Waals surface area contributed by atoms with Crippen molar-refractivity contribution < 1.29 is 68.9 Å². The van der Waals surface area contributed by atoms with Gasteiger partial charge < -0.3 is 18.9 Å². The standard InChI is InChI=1S/C37H35F7N2O8/c1-9-51-29(47)18-11-13-24-20(15-18)22-17-23-21-16-19(30(48)52-10-2)12-14-25(21)46(32(50)54-34(6,7)8)28(23)26(35(38,39)36(40,41)37(42,43)44)27(22)45(24)31(49)53-33(3,4)5/h11-17H,9-10H2,1-8H3.